The maximum Gasteiger partial charge on any atom is 0.0926 e. The van der Waals surface area contributed by atoms with Gasteiger partial charge in [0.1, 0.15) is 0 Å². The summed E-state index contributed by atoms with van der Waals surface area (Å²) in [6.07, 6.45) is 4.98. The predicted octanol–water partition coefficient (Wildman–Crippen LogP) is 2.25. The molecule has 0 aliphatic carbocycles. The van der Waals surface area contributed by atoms with Gasteiger partial charge in [-0.05, 0) is 18.6 Å². The van der Waals surface area contributed by atoms with Crippen LogP contribution in [-0.2, 0) is 13.0 Å². The van der Waals surface area contributed by atoms with Crippen LogP contribution in [0.3, 0.4) is 0 Å². The fourth-order valence-electron chi connectivity index (χ4n) is 1.20. The van der Waals surface area contributed by atoms with E-state index in [1.54, 1.807) is 11.3 Å². The van der Waals surface area contributed by atoms with E-state index in [1.165, 1.54) is 5.01 Å². The smallest absolute Gasteiger partial charge is 0.0926 e. The van der Waals surface area contributed by atoms with Crippen LogP contribution in [0.2, 0.25) is 0 Å². The summed E-state index contributed by atoms with van der Waals surface area (Å²) in [6, 6.07) is 3.98. The normalized spacial score (nSPS) is 10.4. The lowest BCUT2D eigenvalue weighted by Gasteiger charge is -2.04. The Labute approximate surface area is 87.4 Å². The number of hydrogen-bond donors (Lipinski definition) is 1. The molecule has 0 aliphatic rings. The van der Waals surface area contributed by atoms with E-state index in [0.717, 1.165) is 18.7 Å². The Kier molecular flexibility index (Phi) is 2.84. The van der Waals surface area contributed by atoms with Crippen molar-refractivity contribution in [1.82, 2.24) is 9.66 Å². The molecule has 0 fully saturated rings. The van der Waals surface area contributed by atoms with Crippen molar-refractivity contribution in [2.45, 2.75) is 19.9 Å². The van der Waals surface area contributed by atoms with Gasteiger partial charge in [-0.2, -0.15) is 0 Å². The second kappa shape index (κ2) is 4.28. The number of aromatic nitrogens is 2. The quantitative estimate of drug-likeness (QED) is 0.833. The number of aryl methyl sites for hydroxylation is 1. The lowest BCUT2D eigenvalue weighted by Crippen LogP contribution is -2.11. The minimum absolute atomic E-state index is 0.783. The highest BCUT2D eigenvalue weighted by molar-refractivity contribution is 7.09. The monoisotopic (exact) mass is 207 g/mol. The van der Waals surface area contributed by atoms with Crippen LogP contribution >= 0.6 is 11.3 Å². The first-order valence-electron chi connectivity index (χ1n) is 4.68. The van der Waals surface area contributed by atoms with E-state index in [9.17, 15) is 0 Å². The standard InChI is InChI=1S/C10H13N3S/c1-2-10-12-9(8-14-10)7-11-13-5-3-4-6-13/h3-6,8,11H,2,7H2,1H3. The van der Waals surface area contributed by atoms with E-state index in [-0.39, 0.29) is 0 Å². The Morgan fingerprint density at radius 3 is 2.86 bits per heavy atom. The number of nitrogens with zero attached hydrogens (tertiary/aromatic N) is 2. The maximum absolute atomic E-state index is 4.47. The van der Waals surface area contributed by atoms with Gasteiger partial charge in [-0.3, -0.25) is 4.68 Å². The zero-order chi connectivity index (χ0) is 9.80. The molecule has 0 aromatic carbocycles. The van der Waals surface area contributed by atoms with Crippen molar-refractivity contribution in [1.29, 1.82) is 0 Å². The Morgan fingerprint density at radius 2 is 2.21 bits per heavy atom. The molecule has 0 spiro atoms. The van der Waals surface area contributed by atoms with Crippen molar-refractivity contribution < 1.29 is 0 Å². The van der Waals surface area contributed by atoms with Crippen molar-refractivity contribution >= 4 is 11.3 Å². The van der Waals surface area contributed by atoms with Crippen molar-refractivity contribution in [3.8, 4) is 0 Å². The zero-order valence-corrected chi connectivity index (χ0v) is 8.92. The van der Waals surface area contributed by atoms with Gasteiger partial charge in [-0.25, -0.2) is 4.98 Å². The fourth-order valence-corrected chi connectivity index (χ4v) is 1.95. The summed E-state index contributed by atoms with van der Waals surface area (Å²) in [4.78, 5) is 4.47. The second-order valence-corrected chi connectivity index (χ2v) is 3.95. The van der Waals surface area contributed by atoms with Crippen LogP contribution in [0.4, 0.5) is 0 Å². The molecule has 0 saturated carbocycles. The third-order valence-electron chi connectivity index (χ3n) is 1.95. The van der Waals surface area contributed by atoms with Crippen molar-refractivity contribution in [2.75, 3.05) is 5.43 Å². The molecular weight excluding hydrogens is 194 g/mol. The van der Waals surface area contributed by atoms with Crippen LogP contribution in [0.5, 0.6) is 0 Å². The molecule has 0 atom stereocenters. The van der Waals surface area contributed by atoms with Gasteiger partial charge in [-0.1, -0.05) is 6.92 Å². The summed E-state index contributed by atoms with van der Waals surface area (Å²) in [5, 5.41) is 3.31. The fraction of sp³-hybridized carbons (Fsp3) is 0.300. The lowest BCUT2D eigenvalue weighted by molar-refractivity contribution is 0.829. The number of nitrogens with one attached hydrogen (secondary N) is 1. The third kappa shape index (κ3) is 2.14. The molecule has 0 amide bonds. The van der Waals surface area contributed by atoms with E-state index in [2.05, 4.69) is 22.7 Å². The molecule has 14 heavy (non-hydrogen) atoms. The molecule has 2 rings (SSSR count). The summed E-state index contributed by atoms with van der Waals surface area (Å²) in [5.74, 6) is 0. The van der Waals surface area contributed by atoms with E-state index in [4.69, 9.17) is 0 Å². The van der Waals surface area contributed by atoms with Gasteiger partial charge in [0.15, 0.2) is 0 Å². The Morgan fingerprint density at radius 1 is 1.43 bits per heavy atom. The van der Waals surface area contributed by atoms with E-state index in [0.29, 0.717) is 0 Å². The summed E-state index contributed by atoms with van der Waals surface area (Å²) in [5.41, 5.74) is 4.35. The van der Waals surface area contributed by atoms with Crippen LogP contribution in [0, 0.1) is 0 Å². The second-order valence-electron chi connectivity index (χ2n) is 3.01. The Bertz CT molecular complexity index is 378. The molecule has 0 saturated heterocycles. The number of rotatable bonds is 4. The van der Waals surface area contributed by atoms with Crippen molar-refractivity contribution in [3.63, 3.8) is 0 Å². The van der Waals surface area contributed by atoms with E-state index >= 15 is 0 Å². The molecule has 74 valence electrons. The molecule has 0 radical (unpaired) electrons. The average molecular weight is 207 g/mol. The molecule has 3 nitrogen and oxygen atoms in total. The molecule has 0 aliphatic heterocycles. The molecular formula is C10H13N3S. The van der Waals surface area contributed by atoms with Gasteiger partial charge in [0.25, 0.3) is 0 Å². The molecule has 2 aromatic heterocycles. The van der Waals surface area contributed by atoms with Crippen LogP contribution in [0.1, 0.15) is 17.6 Å². The van der Waals surface area contributed by atoms with Crippen LogP contribution in [0.25, 0.3) is 0 Å². The maximum atomic E-state index is 4.47. The van der Waals surface area contributed by atoms with Crippen molar-refractivity contribution in [2.24, 2.45) is 0 Å². The first-order valence-corrected chi connectivity index (χ1v) is 5.56. The van der Waals surface area contributed by atoms with Crippen LogP contribution < -0.4 is 5.43 Å². The molecule has 0 bridgehead atoms. The lowest BCUT2D eigenvalue weighted by atomic mass is 10.5. The highest BCUT2D eigenvalue weighted by atomic mass is 32.1. The van der Waals surface area contributed by atoms with Gasteiger partial charge >= 0.3 is 0 Å². The Hall–Kier alpha value is -1.29. The summed E-state index contributed by atoms with van der Waals surface area (Å²) in [6.45, 7) is 2.91. The highest BCUT2D eigenvalue weighted by Gasteiger charge is 1.98. The average Bonchev–Trinajstić information content (AvgIpc) is 2.86. The van der Waals surface area contributed by atoms with E-state index in [1.807, 2.05) is 29.2 Å². The van der Waals surface area contributed by atoms with Gasteiger partial charge in [0.2, 0.25) is 0 Å². The van der Waals surface area contributed by atoms with Crippen LogP contribution in [-0.4, -0.2) is 9.66 Å². The molecule has 2 heterocycles. The summed E-state index contributed by atoms with van der Waals surface area (Å²) >= 11 is 1.73. The summed E-state index contributed by atoms with van der Waals surface area (Å²) < 4.78 is 1.94. The largest absolute Gasteiger partial charge is 0.320 e. The number of thiazole rings is 1. The van der Waals surface area contributed by atoms with E-state index < -0.39 is 0 Å². The van der Waals surface area contributed by atoms with Gasteiger partial charge in [0, 0.05) is 17.8 Å². The third-order valence-corrected chi connectivity index (χ3v) is 2.99. The van der Waals surface area contributed by atoms with Gasteiger partial charge in [-0.15, -0.1) is 11.3 Å². The minimum Gasteiger partial charge on any atom is -0.320 e. The predicted molar refractivity (Wildman–Crippen MR) is 59.0 cm³/mol. The number of hydrogen-bond acceptors (Lipinski definition) is 3. The van der Waals surface area contributed by atoms with Crippen molar-refractivity contribution in [3.05, 3.63) is 40.6 Å². The molecule has 2 aromatic rings. The minimum atomic E-state index is 0.783. The summed E-state index contributed by atoms with van der Waals surface area (Å²) in [7, 11) is 0. The topological polar surface area (TPSA) is 29.9 Å². The van der Waals surface area contributed by atoms with Crippen LogP contribution in [0.15, 0.2) is 29.9 Å². The first kappa shape index (κ1) is 9.27. The highest BCUT2D eigenvalue weighted by Crippen LogP contribution is 2.09. The first-order chi connectivity index (χ1) is 6.88. The SMILES string of the molecule is CCc1nc(CNn2cccc2)cs1. The molecule has 4 heteroatoms. The molecule has 1 N–H and O–H groups in total. The van der Waals surface area contributed by atoms with Gasteiger partial charge in [0.05, 0.1) is 17.2 Å². The van der Waals surface area contributed by atoms with Gasteiger partial charge < -0.3 is 5.43 Å². The zero-order valence-electron chi connectivity index (χ0n) is 8.10. The Balaban J connectivity index is 1.92. The molecule has 0 unspecified atom stereocenters.